The van der Waals surface area contributed by atoms with Crippen molar-refractivity contribution in [3.8, 4) is 5.75 Å². The van der Waals surface area contributed by atoms with Crippen LogP contribution in [0.1, 0.15) is 42.0 Å². The zero-order valence-electron chi connectivity index (χ0n) is 23.0. The number of likely N-dealkylation sites (tertiary alicyclic amines) is 1. The van der Waals surface area contributed by atoms with E-state index in [1.54, 1.807) is 54.6 Å². The van der Waals surface area contributed by atoms with Crippen LogP contribution in [0.25, 0.3) is 6.08 Å². The van der Waals surface area contributed by atoms with E-state index >= 15 is 0 Å². The van der Waals surface area contributed by atoms with Gasteiger partial charge in [0.05, 0.1) is 16.9 Å². The number of hydrogen-bond acceptors (Lipinski definition) is 6. The Morgan fingerprint density at radius 2 is 1.69 bits per heavy atom. The van der Waals surface area contributed by atoms with Gasteiger partial charge in [0, 0.05) is 30.9 Å². The first-order valence-electron chi connectivity index (χ1n) is 13.7. The number of phenolic OH excluding ortho intramolecular Hbond substituents is 1. The number of carbonyl (C=O) groups excluding carboxylic acids is 2. The van der Waals surface area contributed by atoms with Gasteiger partial charge < -0.3 is 31.7 Å². The van der Waals surface area contributed by atoms with Crippen LogP contribution in [0, 0.1) is 0 Å². The fourth-order valence-corrected chi connectivity index (χ4v) is 4.73. The van der Waals surface area contributed by atoms with Crippen LogP contribution in [-0.4, -0.2) is 48.0 Å². The summed E-state index contributed by atoms with van der Waals surface area (Å²) < 4.78 is 39.1. The number of phenols is 1. The van der Waals surface area contributed by atoms with E-state index in [2.05, 4.69) is 20.9 Å². The molecule has 42 heavy (non-hydrogen) atoms. The summed E-state index contributed by atoms with van der Waals surface area (Å²) >= 11 is 0. The number of carbonyl (C=O) groups is 2. The zero-order valence-corrected chi connectivity index (χ0v) is 23.0. The fraction of sp³-hybridized carbons (Fsp3) is 0.290. The molecule has 11 heteroatoms. The number of halogens is 3. The van der Waals surface area contributed by atoms with Crippen LogP contribution in [0.4, 0.5) is 30.2 Å². The molecule has 0 radical (unpaired) electrons. The van der Waals surface area contributed by atoms with Crippen molar-refractivity contribution in [3.63, 3.8) is 0 Å². The number of nitrogens with two attached hydrogens (primary N) is 1. The molecule has 3 aromatic carbocycles. The molecule has 1 saturated heterocycles. The van der Waals surface area contributed by atoms with Crippen molar-refractivity contribution in [2.45, 2.75) is 31.5 Å². The van der Waals surface area contributed by atoms with Gasteiger partial charge >= 0.3 is 6.18 Å². The van der Waals surface area contributed by atoms with E-state index in [9.17, 15) is 27.9 Å². The maximum Gasteiger partial charge on any atom is 0.419 e. The molecule has 2 amide bonds. The van der Waals surface area contributed by atoms with Gasteiger partial charge in [-0.05, 0) is 67.4 Å². The van der Waals surface area contributed by atoms with Gasteiger partial charge in [0.25, 0.3) is 0 Å². The molecule has 6 N–H and O–H groups in total. The van der Waals surface area contributed by atoms with E-state index in [-0.39, 0.29) is 11.6 Å². The smallest absolute Gasteiger partial charge is 0.419 e. The second-order valence-electron chi connectivity index (χ2n) is 10.1. The van der Waals surface area contributed by atoms with Crippen molar-refractivity contribution in [2.75, 3.05) is 42.5 Å². The third-order valence-electron chi connectivity index (χ3n) is 6.97. The van der Waals surface area contributed by atoms with Gasteiger partial charge in [0.15, 0.2) is 0 Å². The summed E-state index contributed by atoms with van der Waals surface area (Å²) in [4.78, 5) is 28.0. The second-order valence-corrected chi connectivity index (χ2v) is 10.1. The molecule has 8 nitrogen and oxygen atoms in total. The summed E-state index contributed by atoms with van der Waals surface area (Å²) in [6, 6.07) is 15.8. The molecule has 3 aromatic rings. The van der Waals surface area contributed by atoms with Gasteiger partial charge in [-0.3, -0.25) is 9.59 Å². The molecule has 222 valence electrons. The highest BCUT2D eigenvalue weighted by molar-refractivity contribution is 6.03. The SMILES string of the molecule is Nc1ccccc1NC(=O)/C=C/c1ccc(C(NCCN2CCCCC2)C(=O)Nc2ccc(C(F)(F)F)c(O)c2)cc1. The minimum absolute atomic E-state index is 0.0398. The van der Waals surface area contributed by atoms with E-state index in [1.807, 2.05) is 0 Å². The minimum Gasteiger partial charge on any atom is -0.507 e. The minimum atomic E-state index is -4.71. The Bertz CT molecular complexity index is 1400. The summed E-state index contributed by atoms with van der Waals surface area (Å²) in [6.45, 7) is 3.25. The molecular weight excluding hydrogens is 547 g/mol. The number of hydrogen-bond donors (Lipinski definition) is 5. The highest BCUT2D eigenvalue weighted by Gasteiger charge is 2.34. The van der Waals surface area contributed by atoms with Crippen LogP contribution in [0.15, 0.2) is 72.8 Å². The van der Waals surface area contributed by atoms with Gasteiger partial charge in [0.1, 0.15) is 11.8 Å². The number of aromatic hydroxyl groups is 1. The van der Waals surface area contributed by atoms with Gasteiger partial charge in [-0.1, -0.05) is 42.8 Å². The molecule has 1 heterocycles. The standard InChI is InChI=1S/C31H34F3N5O3/c32-31(33,34)24-14-13-23(20-27(24)40)37-30(42)29(36-16-19-39-17-4-1-5-18-39)22-11-8-21(9-12-22)10-15-28(41)38-26-7-3-2-6-25(26)35/h2-3,6-15,20,29,36,40H,1,4-5,16-19,35H2,(H,37,42)(H,38,41)/b15-10+. The van der Waals surface area contributed by atoms with E-state index in [4.69, 9.17) is 5.73 Å². The summed E-state index contributed by atoms with van der Waals surface area (Å²) in [5.74, 6) is -1.81. The molecule has 1 fully saturated rings. The molecule has 1 aliphatic rings. The van der Waals surface area contributed by atoms with Crippen LogP contribution in [0.5, 0.6) is 5.75 Å². The number of para-hydroxylation sites is 2. The van der Waals surface area contributed by atoms with Crippen LogP contribution in [0.3, 0.4) is 0 Å². The van der Waals surface area contributed by atoms with Crippen LogP contribution in [0.2, 0.25) is 0 Å². The Morgan fingerprint density at radius 3 is 2.36 bits per heavy atom. The zero-order chi connectivity index (χ0) is 30.1. The van der Waals surface area contributed by atoms with E-state index in [0.717, 1.165) is 56.2 Å². The molecule has 1 aliphatic heterocycles. The highest BCUT2D eigenvalue weighted by Crippen LogP contribution is 2.37. The van der Waals surface area contributed by atoms with E-state index in [1.165, 1.54) is 12.5 Å². The Morgan fingerprint density at radius 1 is 0.976 bits per heavy atom. The molecule has 0 spiro atoms. The average molecular weight is 582 g/mol. The predicted molar refractivity (Wildman–Crippen MR) is 158 cm³/mol. The molecule has 4 rings (SSSR count). The lowest BCUT2D eigenvalue weighted by Crippen LogP contribution is -2.40. The van der Waals surface area contributed by atoms with Crippen molar-refractivity contribution >= 4 is 35.0 Å². The summed E-state index contributed by atoms with van der Waals surface area (Å²) in [7, 11) is 0. The lowest BCUT2D eigenvalue weighted by molar-refractivity contribution is -0.138. The molecule has 0 aromatic heterocycles. The quantitative estimate of drug-likeness (QED) is 0.162. The second kappa shape index (κ2) is 14.0. The van der Waals surface area contributed by atoms with E-state index in [0.29, 0.717) is 23.5 Å². The maximum absolute atomic E-state index is 13.3. The van der Waals surface area contributed by atoms with E-state index < -0.39 is 29.4 Å². The lowest BCUT2D eigenvalue weighted by Gasteiger charge is -2.27. The lowest BCUT2D eigenvalue weighted by atomic mass is 10.0. The number of nitrogens with one attached hydrogen (secondary N) is 3. The summed E-state index contributed by atoms with van der Waals surface area (Å²) in [5, 5.41) is 18.5. The molecular formula is C31H34F3N5O3. The Labute approximate surface area is 242 Å². The van der Waals surface area contributed by atoms with Crippen molar-refractivity contribution in [1.29, 1.82) is 0 Å². The first-order valence-corrected chi connectivity index (χ1v) is 13.7. The van der Waals surface area contributed by atoms with Crippen LogP contribution in [-0.2, 0) is 15.8 Å². The van der Waals surface area contributed by atoms with Gasteiger partial charge in [-0.15, -0.1) is 0 Å². The van der Waals surface area contributed by atoms with Crippen molar-refractivity contribution in [3.05, 3.63) is 89.5 Å². The summed E-state index contributed by atoms with van der Waals surface area (Å²) in [6.07, 6.45) is 1.76. The molecule has 0 bridgehead atoms. The number of piperidine rings is 1. The number of amides is 2. The third-order valence-corrected chi connectivity index (χ3v) is 6.97. The largest absolute Gasteiger partial charge is 0.507 e. The molecule has 1 unspecified atom stereocenters. The number of benzene rings is 3. The van der Waals surface area contributed by atoms with Gasteiger partial charge in [-0.2, -0.15) is 13.2 Å². The molecule has 1 atom stereocenters. The summed E-state index contributed by atoms with van der Waals surface area (Å²) in [5.41, 5.74) is 7.03. The fourth-order valence-electron chi connectivity index (χ4n) is 4.73. The number of nitrogens with zero attached hydrogens (tertiary/aromatic N) is 1. The van der Waals surface area contributed by atoms with Crippen molar-refractivity contribution < 1.29 is 27.9 Å². The molecule has 0 aliphatic carbocycles. The van der Waals surface area contributed by atoms with Crippen LogP contribution < -0.4 is 21.7 Å². The van der Waals surface area contributed by atoms with Crippen molar-refractivity contribution in [1.82, 2.24) is 10.2 Å². The Hall–Kier alpha value is -4.35. The number of rotatable bonds is 10. The van der Waals surface area contributed by atoms with Gasteiger partial charge in [-0.25, -0.2) is 0 Å². The van der Waals surface area contributed by atoms with Crippen molar-refractivity contribution in [2.24, 2.45) is 0 Å². The average Bonchev–Trinajstić information content (AvgIpc) is 2.96. The normalized spacial score (nSPS) is 14.9. The number of alkyl halides is 3. The Balaban J connectivity index is 1.45. The molecule has 0 saturated carbocycles. The first kappa shape index (κ1) is 30.6. The Kier molecular flexibility index (Phi) is 10.2. The first-order chi connectivity index (χ1) is 20.1. The highest BCUT2D eigenvalue weighted by atomic mass is 19.4. The number of nitrogen functional groups attached to an aromatic ring is 1. The third kappa shape index (κ3) is 8.58. The number of anilines is 3. The topological polar surface area (TPSA) is 120 Å². The van der Waals surface area contributed by atoms with Crippen LogP contribution >= 0.6 is 0 Å². The predicted octanol–water partition coefficient (Wildman–Crippen LogP) is 5.40. The van der Waals surface area contributed by atoms with Gasteiger partial charge in [0.2, 0.25) is 11.8 Å². The maximum atomic E-state index is 13.3. The monoisotopic (exact) mass is 581 g/mol.